The lowest BCUT2D eigenvalue weighted by molar-refractivity contribution is -0.156. The molecule has 0 aliphatic carbocycles. The molecule has 0 aliphatic heterocycles. The molecule has 0 heterocycles. The van der Waals surface area contributed by atoms with E-state index < -0.39 is 11.6 Å². The smallest absolute Gasteiger partial charge is 0.313 e. The molecule has 0 saturated carbocycles. The Hall–Kier alpha value is -1.12. The number of allylic oxidation sites excluding steroid dienone is 2. The summed E-state index contributed by atoms with van der Waals surface area (Å²) < 4.78 is 5.10. The zero-order valence-corrected chi connectivity index (χ0v) is 12.3. The van der Waals surface area contributed by atoms with Gasteiger partial charge in [0.25, 0.3) is 0 Å². The molecule has 0 bridgehead atoms. The molecule has 0 atom stereocenters. The van der Waals surface area contributed by atoms with Crippen LogP contribution >= 0.6 is 0 Å². The zero-order chi connectivity index (χ0) is 14.2. The highest BCUT2D eigenvalue weighted by Gasteiger charge is 2.18. The van der Waals surface area contributed by atoms with Crippen LogP contribution in [0.4, 0.5) is 0 Å². The molecule has 0 spiro atoms. The molecule has 0 N–H and O–H groups in total. The van der Waals surface area contributed by atoms with Gasteiger partial charge in [0.2, 0.25) is 0 Å². The van der Waals surface area contributed by atoms with Gasteiger partial charge in [0.05, 0.1) is 0 Å². The summed E-state index contributed by atoms with van der Waals surface area (Å²) in [4.78, 5) is 22.9. The van der Waals surface area contributed by atoms with Crippen LogP contribution in [0.2, 0.25) is 0 Å². The van der Waals surface area contributed by atoms with Crippen molar-refractivity contribution < 1.29 is 14.3 Å². The van der Waals surface area contributed by atoms with Gasteiger partial charge < -0.3 is 4.74 Å². The van der Waals surface area contributed by atoms with Crippen LogP contribution in [0.5, 0.6) is 0 Å². The predicted octanol–water partition coefficient (Wildman–Crippen LogP) is 3.81. The Labute approximate surface area is 111 Å². The molecule has 3 nitrogen and oxygen atoms in total. The molecule has 0 amide bonds. The summed E-state index contributed by atoms with van der Waals surface area (Å²) in [5.41, 5.74) is 0.788. The molecule has 0 radical (unpaired) electrons. The average molecular weight is 254 g/mol. The molecule has 0 saturated heterocycles. The van der Waals surface area contributed by atoms with Gasteiger partial charge in [-0.2, -0.15) is 0 Å². The minimum absolute atomic E-state index is 0.0264. The van der Waals surface area contributed by atoms with E-state index in [9.17, 15) is 9.59 Å². The number of ketones is 1. The maximum atomic E-state index is 11.5. The molecular formula is C15H26O3. The molecular weight excluding hydrogens is 228 g/mol. The van der Waals surface area contributed by atoms with Crippen LogP contribution in [0, 0.1) is 0 Å². The Balaban J connectivity index is 3.72. The number of carbonyl (C=O) groups is 2. The fraction of sp³-hybridized carbons (Fsp3) is 0.733. The highest BCUT2D eigenvalue weighted by Crippen LogP contribution is 2.10. The van der Waals surface area contributed by atoms with Crippen molar-refractivity contribution in [2.45, 2.75) is 72.3 Å². The molecule has 0 unspecified atom stereocenters. The van der Waals surface area contributed by atoms with E-state index in [1.165, 1.54) is 5.57 Å². The summed E-state index contributed by atoms with van der Waals surface area (Å²) >= 11 is 0. The van der Waals surface area contributed by atoms with E-state index in [0.717, 1.165) is 19.3 Å². The Bertz CT molecular complexity index is 304. The third-order valence-corrected chi connectivity index (χ3v) is 2.22. The van der Waals surface area contributed by atoms with Crippen molar-refractivity contribution in [3.05, 3.63) is 11.6 Å². The van der Waals surface area contributed by atoms with Crippen LogP contribution in [-0.4, -0.2) is 17.4 Å². The number of unbranched alkanes of at least 4 members (excludes halogenated alkanes) is 2. The van der Waals surface area contributed by atoms with Gasteiger partial charge in [0.1, 0.15) is 17.8 Å². The van der Waals surface area contributed by atoms with Gasteiger partial charge in [-0.05, 0) is 53.9 Å². The van der Waals surface area contributed by atoms with E-state index in [0.29, 0.717) is 6.42 Å². The van der Waals surface area contributed by atoms with Crippen molar-refractivity contribution in [3.8, 4) is 0 Å². The second-order valence-electron chi connectivity index (χ2n) is 5.83. The number of carbonyl (C=O) groups excluding carboxylic acids is 2. The van der Waals surface area contributed by atoms with Crippen LogP contribution in [0.3, 0.4) is 0 Å². The molecule has 18 heavy (non-hydrogen) atoms. The van der Waals surface area contributed by atoms with Crippen LogP contribution in [0.15, 0.2) is 11.6 Å². The highest BCUT2D eigenvalue weighted by atomic mass is 16.6. The lowest BCUT2D eigenvalue weighted by Gasteiger charge is -2.19. The maximum absolute atomic E-state index is 11.5. The van der Waals surface area contributed by atoms with E-state index in [4.69, 9.17) is 4.74 Å². The molecule has 104 valence electrons. The van der Waals surface area contributed by atoms with E-state index >= 15 is 0 Å². The summed E-state index contributed by atoms with van der Waals surface area (Å²) in [6.45, 7) is 9.53. The first kappa shape index (κ1) is 16.9. The Morgan fingerprint density at radius 1 is 1.11 bits per heavy atom. The second-order valence-corrected chi connectivity index (χ2v) is 5.83. The van der Waals surface area contributed by atoms with Gasteiger partial charge >= 0.3 is 5.97 Å². The first-order valence-corrected chi connectivity index (χ1v) is 6.57. The number of hydrogen-bond donors (Lipinski definition) is 0. The molecule has 0 aromatic carbocycles. The van der Waals surface area contributed by atoms with Crippen LogP contribution in [-0.2, 0) is 14.3 Å². The van der Waals surface area contributed by atoms with E-state index in [1.54, 1.807) is 20.8 Å². The van der Waals surface area contributed by atoms with Gasteiger partial charge in [0.15, 0.2) is 0 Å². The van der Waals surface area contributed by atoms with Crippen molar-refractivity contribution >= 4 is 11.8 Å². The number of hydrogen-bond acceptors (Lipinski definition) is 3. The minimum atomic E-state index is -0.513. The number of Topliss-reactive ketones (excluding diaryl/α,β-unsaturated/α-hetero) is 1. The third-order valence-electron chi connectivity index (χ3n) is 2.22. The molecule has 3 heteroatoms. The summed E-state index contributed by atoms with van der Waals surface area (Å²) in [5.74, 6) is -0.446. The van der Waals surface area contributed by atoms with Gasteiger partial charge in [0, 0.05) is 6.42 Å². The number of rotatable bonds is 7. The largest absolute Gasteiger partial charge is 0.460 e. The SMILES string of the molecule is CC(C)=CCCCCC(=O)CC(=O)OC(C)(C)C. The molecule has 0 rings (SSSR count). The zero-order valence-electron chi connectivity index (χ0n) is 12.3. The van der Waals surface area contributed by atoms with Crippen molar-refractivity contribution in [1.29, 1.82) is 0 Å². The van der Waals surface area contributed by atoms with E-state index in [2.05, 4.69) is 19.9 Å². The van der Waals surface area contributed by atoms with Crippen LogP contribution in [0.25, 0.3) is 0 Å². The fourth-order valence-corrected chi connectivity index (χ4v) is 1.48. The van der Waals surface area contributed by atoms with Crippen LogP contribution < -0.4 is 0 Å². The Kier molecular flexibility index (Phi) is 7.56. The predicted molar refractivity (Wildman–Crippen MR) is 73.4 cm³/mol. The lowest BCUT2D eigenvalue weighted by Crippen LogP contribution is -2.25. The standard InChI is InChI=1S/C15H26O3/c1-12(2)9-7-6-8-10-13(16)11-14(17)18-15(3,4)5/h9H,6-8,10-11H2,1-5H3. The first-order valence-electron chi connectivity index (χ1n) is 6.57. The molecule has 0 aromatic heterocycles. The van der Waals surface area contributed by atoms with Gasteiger partial charge in [-0.1, -0.05) is 11.6 Å². The summed E-state index contributed by atoms with van der Waals surface area (Å²) in [6, 6.07) is 0. The third kappa shape index (κ3) is 11.4. The molecule has 0 aromatic rings. The fourth-order valence-electron chi connectivity index (χ4n) is 1.48. The molecule has 0 fully saturated rings. The van der Waals surface area contributed by atoms with Crippen molar-refractivity contribution in [2.75, 3.05) is 0 Å². The summed E-state index contributed by atoms with van der Waals surface area (Å²) in [7, 11) is 0. The van der Waals surface area contributed by atoms with Crippen molar-refractivity contribution in [1.82, 2.24) is 0 Å². The highest BCUT2D eigenvalue weighted by molar-refractivity contribution is 5.95. The first-order chi connectivity index (χ1) is 8.20. The number of esters is 1. The van der Waals surface area contributed by atoms with E-state index in [-0.39, 0.29) is 12.2 Å². The second kappa shape index (κ2) is 8.06. The molecule has 0 aliphatic rings. The average Bonchev–Trinajstić information content (AvgIpc) is 2.12. The topological polar surface area (TPSA) is 43.4 Å². The van der Waals surface area contributed by atoms with Crippen molar-refractivity contribution in [3.63, 3.8) is 0 Å². The van der Waals surface area contributed by atoms with Gasteiger partial charge in [-0.15, -0.1) is 0 Å². The monoisotopic (exact) mass is 254 g/mol. The summed E-state index contributed by atoms with van der Waals surface area (Å²) in [5, 5.41) is 0. The van der Waals surface area contributed by atoms with Gasteiger partial charge in [-0.3, -0.25) is 9.59 Å². The van der Waals surface area contributed by atoms with Crippen LogP contribution in [0.1, 0.15) is 66.7 Å². The maximum Gasteiger partial charge on any atom is 0.313 e. The van der Waals surface area contributed by atoms with Crippen molar-refractivity contribution in [2.24, 2.45) is 0 Å². The normalized spacial score (nSPS) is 10.9. The lowest BCUT2D eigenvalue weighted by atomic mass is 10.1. The quantitative estimate of drug-likeness (QED) is 0.300. The summed E-state index contributed by atoms with van der Waals surface area (Å²) in [6.07, 6.45) is 5.37. The number of ether oxygens (including phenoxy) is 1. The Morgan fingerprint density at radius 2 is 1.72 bits per heavy atom. The van der Waals surface area contributed by atoms with Gasteiger partial charge in [-0.25, -0.2) is 0 Å². The van der Waals surface area contributed by atoms with E-state index in [1.807, 2.05) is 0 Å². The Morgan fingerprint density at radius 3 is 2.22 bits per heavy atom. The minimum Gasteiger partial charge on any atom is -0.460 e.